The molecule has 5 nitrogen and oxygen atoms in total. The molecule has 7 heteroatoms. The smallest absolute Gasteiger partial charge is 0.282 e. The van der Waals surface area contributed by atoms with Crippen molar-refractivity contribution < 1.29 is 14.7 Å². The lowest BCUT2D eigenvalue weighted by Gasteiger charge is -2.07. The second kappa shape index (κ2) is 5.44. The summed E-state index contributed by atoms with van der Waals surface area (Å²) in [6.45, 7) is 0. The number of phenols is 1. The first-order valence-electron chi connectivity index (χ1n) is 6.19. The van der Waals surface area contributed by atoms with Crippen molar-refractivity contribution in [3.8, 4) is 5.75 Å². The SMILES string of the molecule is O=C1c2ccccc2C(=O)N1/N=C/c1cc(Cl)cc(Cl)c1O. The van der Waals surface area contributed by atoms with Gasteiger partial charge in [0.25, 0.3) is 11.8 Å². The molecule has 110 valence electrons. The number of carbonyl (C=O) groups excluding carboxylic acids is 2. The van der Waals surface area contributed by atoms with Crippen LogP contribution in [0.1, 0.15) is 26.3 Å². The van der Waals surface area contributed by atoms with E-state index in [1.165, 1.54) is 12.1 Å². The van der Waals surface area contributed by atoms with Gasteiger partial charge in [-0.1, -0.05) is 35.3 Å². The lowest BCUT2D eigenvalue weighted by molar-refractivity contribution is 0.0660. The lowest BCUT2D eigenvalue weighted by Crippen LogP contribution is -2.24. The summed E-state index contributed by atoms with van der Waals surface area (Å²) in [4.78, 5) is 24.2. The van der Waals surface area contributed by atoms with Crippen LogP contribution in [0.3, 0.4) is 0 Å². The topological polar surface area (TPSA) is 70.0 Å². The Balaban J connectivity index is 1.95. The second-order valence-electron chi connectivity index (χ2n) is 4.54. The zero-order valence-corrected chi connectivity index (χ0v) is 12.5. The minimum absolute atomic E-state index is 0.0521. The van der Waals surface area contributed by atoms with E-state index in [2.05, 4.69) is 5.10 Å². The highest BCUT2D eigenvalue weighted by molar-refractivity contribution is 6.36. The molecule has 3 rings (SSSR count). The predicted octanol–water partition coefficient (Wildman–Crippen LogP) is 3.33. The summed E-state index contributed by atoms with van der Waals surface area (Å²) in [7, 11) is 0. The average molecular weight is 335 g/mol. The van der Waals surface area contributed by atoms with Gasteiger partial charge in [-0.3, -0.25) is 9.59 Å². The summed E-state index contributed by atoms with van der Waals surface area (Å²) in [5.41, 5.74) is 0.782. The molecule has 0 fully saturated rings. The van der Waals surface area contributed by atoms with Gasteiger partial charge in [-0.2, -0.15) is 10.1 Å². The minimum atomic E-state index is -0.524. The maximum absolute atomic E-state index is 12.1. The van der Waals surface area contributed by atoms with Crippen LogP contribution in [-0.4, -0.2) is 28.1 Å². The normalized spacial score (nSPS) is 14.0. The van der Waals surface area contributed by atoms with E-state index in [1.54, 1.807) is 24.3 Å². The van der Waals surface area contributed by atoms with Gasteiger partial charge in [-0.05, 0) is 24.3 Å². The van der Waals surface area contributed by atoms with Crippen molar-refractivity contribution in [1.82, 2.24) is 5.01 Å². The van der Waals surface area contributed by atoms with Crippen LogP contribution in [-0.2, 0) is 0 Å². The van der Waals surface area contributed by atoms with Gasteiger partial charge in [-0.25, -0.2) is 0 Å². The summed E-state index contributed by atoms with van der Waals surface area (Å²) in [5.74, 6) is -1.28. The predicted molar refractivity (Wildman–Crippen MR) is 82.7 cm³/mol. The second-order valence-corrected chi connectivity index (χ2v) is 5.38. The molecule has 1 heterocycles. The molecule has 0 aromatic heterocycles. The molecule has 0 spiro atoms. The van der Waals surface area contributed by atoms with E-state index in [0.29, 0.717) is 5.02 Å². The summed E-state index contributed by atoms with van der Waals surface area (Å²) in [6, 6.07) is 9.24. The van der Waals surface area contributed by atoms with Crippen molar-refractivity contribution >= 4 is 41.2 Å². The lowest BCUT2D eigenvalue weighted by atomic mass is 10.1. The molecular formula is C15H8Cl2N2O3. The van der Waals surface area contributed by atoms with Gasteiger partial charge in [0.05, 0.1) is 22.4 Å². The molecule has 2 aromatic rings. The van der Waals surface area contributed by atoms with Crippen LogP contribution in [0.25, 0.3) is 0 Å². The average Bonchev–Trinajstić information content (AvgIpc) is 2.74. The third kappa shape index (κ3) is 2.34. The Morgan fingerprint density at radius 3 is 2.23 bits per heavy atom. The fourth-order valence-electron chi connectivity index (χ4n) is 2.09. The van der Waals surface area contributed by atoms with Crippen LogP contribution in [0.4, 0.5) is 0 Å². The van der Waals surface area contributed by atoms with Gasteiger partial charge < -0.3 is 5.11 Å². The Kier molecular flexibility index (Phi) is 3.60. The van der Waals surface area contributed by atoms with Crippen molar-refractivity contribution in [1.29, 1.82) is 0 Å². The first-order chi connectivity index (χ1) is 10.5. The Morgan fingerprint density at radius 2 is 1.64 bits per heavy atom. The Bertz CT molecular complexity index is 799. The third-order valence-corrected chi connectivity index (χ3v) is 3.65. The highest BCUT2D eigenvalue weighted by atomic mass is 35.5. The fraction of sp³-hybridized carbons (Fsp3) is 0. The van der Waals surface area contributed by atoms with Crippen LogP contribution in [0, 0.1) is 0 Å². The number of nitrogens with zero attached hydrogens (tertiary/aromatic N) is 2. The summed E-state index contributed by atoms with van der Waals surface area (Å²) in [5, 5.41) is 14.8. The molecule has 0 aliphatic carbocycles. The van der Waals surface area contributed by atoms with Crippen molar-refractivity contribution in [2.75, 3.05) is 0 Å². The van der Waals surface area contributed by atoms with Gasteiger partial charge >= 0.3 is 0 Å². The number of aromatic hydroxyl groups is 1. The van der Waals surface area contributed by atoms with E-state index in [0.717, 1.165) is 11.2 Å². The number of amides is 2. The van der Waals surface area contributed by atoms with E-state index < -0.39 is 11.8 Å². The molecule has 1 aliphatic heterocycles. The van der Waals surface area contributed by atoms with Crippen LogP contribution in [0.5, 0.6) is 5.75 Å². The number of hydrogen-bond donors (Lipinski definition) is 1. The molecule has 2 amide bonds. The van der Waals surface area contributed by atoms with Crippen LogP contribution >= 0.6 is 23.2 Å². The van der Waals surface area contributed by atoms with Gasteiger partial charge in [0.2, 0.25) is 0 Å². The van der Waals surface area contributed by atoms with E-state index in [-0.39, 0.29) is 27.5 Å². The zero-order chi connectivity index (χ0) is 15.9. The number of hydrazone groups is 1. The number of carbonyl (C=O) groups is 2. The molecule has 22 heavy (non-hydrogen) atoms. The van der Waals surface area contributed by atoms with Crippen molar-refractivity contribution in [2.45, 2.75) is 0 Å². The van der Waals surface area contributed by atoms with E-state index in [1.807, 2.05) is 0 Å². The highest BCUT2D eigenvalue weighted by Gasteiger charge is 2.35. The van der Waals surface area contributed by atoms with Crippen molar-refractivity contribution in [3.63, 3.8) is 0 Å². The van der Waals surface area contributed by atoms with Crippen LogP contribution < -0.4 is 0 Å². The van der Waals surface area contributed by atoms with E-state index in [4.69, 9.17) is 23.2 Å². The number of imide groups is 1. The third-order valence-electron chi connectivity index (χ3n) is 3.14. The minimum Gasteiger partial charge on any atom is -0.506 e. The molecule has 1 N–H and O–H groups in total. The molecule has 1 aliphatic rings. The molecular weight excluding hydrogens is 327 g/mol. The van der Waals surface area contributed by atoms with Crippen molar-refractivity contribution in [3.05, 3.63) is 63.1 Å². The molecule has 0 radical (unpaired) electrons. The van der Waals surface area contributed by atoms with Gasteiger partial charge in [0, 0.05) is 10.6 Å². The molecule has 2 aromatic carbocycles. The quantitative estimate of drug-likeness (QED) is 0.676. The molecule has 0 saturated carbocycles. The first kappa shape index (κ1) is 14.6. The number of rotatable bonds is 2. The Labute approximate surface area is 135 Å². The molecule has 0 atom stereocenters. The standard InChI is InChI=1S/C15H8Cl2N2O3/c16-9-5-8(13(20)12(17)6-9)7-18-19-14(21)10-3-1-2-4-11(10)15(19)22/h1-7,20H/b18-7+. The monoisotopic (exact) mass is 334 g/mol. The van der Waals surface area contributed by atoms with E-state index in [9.17, 15) is 14.7 Å². The van der Waals surface area contributed by atoms with Crippen LogP contribution in [0.2, 0.25) is 10.0 Å². The Hall–Kier alpha value is -2.37. The number of hydrogen-bond acceptors (Lipinski definition) is 4. The number of fused-ring (bicyclic) bond motifs is 1. The fourth-order valence-corrected chi connectivity index (χ4v) is 2.59. The number of benzene rings is 2. The first-order valence-corrected chi connectivity index (χ1v) is 6.94. The number of phenolic OH excluding ortho intramolecular Hbond substituents is 1. The van der Waals surface area contributed by atoms with Gasteiger partial charge in [0.1, 0.15) is 5.75 Å². The molecule has 0 bridgehead atoms. The highest BCUT2D eigenvalue weighted by Crippen LogP contribution is 2.30. The summed E-state index contributed by atoms with van der Waals surface area (Å²) < 4.78 is 0. The molecule has 0 saturated heterocycles. The maximum atomic E-state index is 12.1. The van der Waals surface area contributed by atoms with Crippen molar-refractivity contribution in [2.24, 2.45) is 5.10 Å². The van der Waals surface area contributed by atoms with E-state index >= 15 is 0 Å². The number of halogens is 2. The summed E-state index contributed by atoms with van der Waals surface area (Å²) in [6.07, 6.45) is 1.16. The Morgan fingerprint density at radius 1 is 1.05 bits per heavy atom. The van der Waals surface area contributed by atoms with Gasteiger partial charge in [-0.15, -0.1) is 0 Å². The zero-order valence-electron chi connectivity index (χ0n) is 11.0. The summed E-state index contributed by atoms with van der Waals surface area (Å²) >= 11 is 11.6. The van der Waals surface area contributed by atoms with Crippen LogP contribution in [0.15, 0.2) is 41.5 Å². The molecule has 0 unspecified atom stereocenters. The maximum Gasteiger partial charge on any atom is 0.282 e. The van der Waals surface area contributed by atoms with Gasteiger partial charge in [0.15, 0.2) is 0 Å². The largest absolute Gasteiger partial charge is 0.506 e.